The Morgan fingerprint density at radius 1 is 1.24 bits per heavy atom. The average Bonchev–Trinajstić information content (AvgIpc) is 3.22. The minimum atomic E-state index is 0.216. The second-order valence-corrected chi connectivity index (χ2v) is 6.57. The van der Waals surface area contributed by atoms with Crippen LogP contribution in [-0.2, 0) is 0 Å². The Morgan fingerprint density at radius 3 is 2.76 bits per heavy atom. The van der Waals surface area contributed by atoms with E-state index < -0.39 is 0 Å². The Hall–Kier alpha value is -1.52. The van der Waals surface area contributed by atoms with E-state index in [-0.39, 0.29) is 5.75 Å². The molecular formula is C16H12BrClN2O. The molecule has 0 radical (unpaired) electrons. The molecule has 4 rings (SSSR count). The van der Waals surface area contributed by atoms with E-state index >= 15 is 0 Å². The van der Waals surface area contributed by atoms with Gasteiger partial charge in [-0.2, -0.15) is 0 Å². The number of phenols is 1. The zero-order valence-electron chi connectivity index (χ0n) is 11.1. The maximum Gasteiger partial charge on any atom is 0.141 e. The van der Waals surface area contributed by atoms with Crippen molar-refractivity contribution >= 4 is 38.6 Å². The van der Waals surface area contributed by atoms with Crippen LogP contribution in [0.1, 0.15) is 18.9 Å². The van der Waals surface area contributed by atoms with Crippen molar-refractivity contribution in [3.05, 3.63) is 45.9 Å². The van der Waals surface area contributed by atoms with Crippen LogP contribution >= 0.6 is 27.5 Å². The van der Waals surface area contributed by atoms with Crippen molar-refractivity contribution in [2.75, 3.05) is 0 Å². The highest BCUT2D eigenvalue weighted by atomic mass is 79.9. The topological polar surface area (TPSA) is 38.1 Å². The fourth-order valence-corrected chi connectivity index (χ4v) is 3.16. The Morgan fingerprint density at radius 2 is 2.05 bits per heavy atom. The van der Waals surface area contributed by atoms with Crippen LogP contribution in [0.3, 0.4) is 0 Å². The highest BCUT2D eigenvalue weighted by Crippen LogP contribution is 2.43. The highest BCUT2D eigenvalue weighted by Gasteiger charge is 2.29. The van der Waals surface area contributed by atoms with E-state index in [1.807, 2.05) is 30.3 Å². The van der Waals surface area contributed by atoms with Gasteiger partial charge in [-0.1, -0.05) is 17.7 Å². The second kappa shape index (κ2) is 4.75. The third-order valence-electron chi connectivity index (χ3n) is 3.78. The molecule has 0 unspecified atom stereocenters. The quantitative estimate of drug-likeness (QED) is 0.683. The summed E-state index contributed by atoms with van der Waals surface area (Å²) in [5.74, 6) is 1.08. The van der Waals surface area contributed by atoms with Crippen molar-refractivity contribution in [2.45, 2.75) is 18.9 Å². The number of aromatic nitrogens is 2. The molecule has 0 spiro atoms. The van der Waals surface area contributed by atoms with Gasteiger partial charge in [0.15, 0.2) is 0 Å². The molecule has 0 amide bonds. The number of fused-ring (bicyclic) bond motifs is 1. The Labute approximate surface area is 135 Å². The molecular weight excluding hydrogens is 352 g/mol. The van der Waals surface area contributed by atoms with Gasteiger partial charge < -0.3 is 9.67 Å². The van der Waals surface area contributed by atoms with Gasteiger partial charge in [-0.15, -0.1) is 0 Å². The lowest BCUT2D eigenvalue weighted by Crippen LogP contribution is -1.97. The first-order chi connectivity index (χ1) is 10.1. The van der Waals surface area contributed by atoms with Gasteiger partial charge in [0.05, 0.1) is 20.5 Å². The number of rotatable bonds is 2. The molecule has 0 saturated heterocycles. The summed E-state index contributed by atoms with van der Waals surface area (Å²) in [7, 11) is 0. The molecule has 1 fully saturated rings. The predicted molar refractivity (Wildman–Crippen MR) is 87.8 cm³/mol. The number of hydrogen-bond acceptors (Lipinski definition) is 2. The molecule has 1 saturated carbocycles. The highest BCUT2D eigenvalue weighted by molar-refractivity contribution is 9.10. The molecule has 3 nitrogen and oxygen atoms in total. The number of imidazole rings is 1. The van der Waals surface area contributed by atoms with Gasteiger partial charge in [0.1, 0.15) is 11.6 Å². The number of para-hydroxylation sites is 1. The van der Waals surface area contributed by atoms with E-state index in [4.69, 9.17) is 16.6 Å². The molecule has 0 aliphatic heterocycles. The van der Waals surface area contributed by atoms with Crippen molar-refractivity contribution < 1.29 is 5.11 Å². The SMILES string of the molecule is Oc1cc(-c2nc3cccc(Cl)c3n2C2CC2)ccc1Br. The second-order valence-electron chi connectivity index (χ2n) is 5.31. The standard InChI is InChI=1S/C16H12BrClN2O/c17-11-7-4-9(8-14(11)21)16-19-13-3-1-2-12(18)15(13)20(16)10-5-6-10/h1-4,7-8,10,21H,5-6H2. The lowest BCUT2D eigenvalue weighted by molar-refractivity contribution is 0.472. The van der Waals surface area contributed by atoms with Crippen LogP contribution in [0.4, 0.5) is 0 Å². The van der Waals surface area contributed by atoms with Crippen molar-refractivity contribution in [3.63, 3.8) is 0 Å². The molecule has 1 N–H and O–H groups in total. The van der Waals surface area contributed by atoms with Crippen LogP contribution in [0.25, 0.3) is 22.4 Å². The molecule has 5 heteroatoms. The van der Waals surface area contributed by atoms with Gasteiger partial charge in [-0.05, 0) is 59.1 Å². The fraction of sp³-hybridized carbons (Fsp3) is 0.188. The summed E-state index contributed by atoms with van der Waals surface area (Å²) in [4.78, 5) is 4.73. The van der Waals surface area contributed by atoms with Gasteiger partial charge in [0.25, 0.3) is 0 Å². The number of phenolic OH excluding ortho intramolecular Hbond substituents is 1. The van der Waals surface area contributed by atoms with Gasteiger partial charge in [0.2, 0.25) is 0 Å². The molecule has 1 heterocycles. The zero-order valence-corrected chi connectivity index (χ0v) is 13.4. The molecule has 1 aliphatic rings. The Bertz CT molecular complexity index is 855. The predicted octanol–water partition coefficient (Wildman–Crippen LogP) is 5.16. The van der Waals surface area contributed by atoms with Crippen LogP contribution in [0.15, 0.2) is 40.9 Å². The normalized spacial score (nSPS) is 14.8. The number of halogens is 2. The molecule has 21 heavy (non-hydrogen) atoms. The molecule has 0 atom stereocenters. The first-order valence-corrected chi connectivity index (χ1v) is 7.97. The summed E-state index contributed by atoms with van der Waals surface area (Å²) in [6.07, 6.45) is 2.29. The van der Waals surface area contributed by atoms with Crippen molar-refractivity contribution in [1.82, 2.24) is 9.55 Å². The average molecular weight is 364 g/mol. The number of nitrogens with zero attached hydrogens (tertiary/aromatic N) is 2. The third kappa shape index (κ3) is 2.14. The number of benzene rings is 2. The maximum atomic E-state index is 9.93. The lowest BCUT2D eigenvalue weighted by Gasteiger charge is -2.09. The molecule has 1 aromatic heterocycles. The van der Waals surface area contributed by atoms with E-state index in [1.54, 1.807) is 6.07 Å². The molecule has 2 aromatic carbocycles. The molecule has 0 bridgehead atoms. The zero-order chi connectivity index (χ0) is 14.6. The largest absolute Gasteiger partial charge is 0.507 e. The first kappa shape index (κ1) is 13.2. The summed E-state index contributed by atoms with van der Waals surface area (Å²) in [5.41, 5.74) is 2.78. The Kier molecular flexibility index (Phi) is 2.98. The van der Waals surface area contributed by atoms with Crippen molar-refractivity contribution in [1.29, 1.82) is 0 Å². The van der Waals surface area contributed by atoms with Gasteiger partial charge in [-0.3, -0.25) is 0 Å². The van der Waals surface area contributed by atoms with Gasteiger partial charge in [-0.25, -0.2) is 4.98 Å². The van der Waals surface area contributed by atoms with E-state index in [9.17, 15) is 5.11 Å². The van der Waals surface area contributed by atoms with Gasteiger partial charge >= 0.3 is 0 Å². The van der Waals surface area contributed by atoms with Crippen LogP contribution in [-0.4, -0.2) is 14.7 Å². The maximum absolute atomic E-state index is 9.93. The smallest absolute Gasteiger partial charge is 0.141 e. The van der Waals surface area contributed by atoms with E-state index in [0.29, 0.717) is 10.5 Å². The fourth-order valence-electron chi connectivity index (χ4n) is 2.65. The van der Waals surface area contributed by atoms with Crippen LogP contribution in [0.5, 0.6) is 5.75 Å². The minimum absolute atomic E-state index is 0.216. The first-order valence-electron chi connectivity index (χ1n) is 6.80. The molecule has 1 aliphatic carbocycles. The lowest BCUT2D eigenvalue weighted by atomic mass is 10.2. The summed E-state index contributed by atoms with van der Waals surface area (Å²) >= 11 is 9.68. The molecule has 106 valence electrons. The summed E-state index contributed by atoms with van der Waals surface area (Å²) < 4.78 is 2.89. The monoisotopic (exact) mass is 362 g/mol. The summed E-state index contributed by atoms with van der Waals surface area (Å²) in [6, 6.07) is 11.8. The van der Waals surface area contributed by atoms with Crippen LogP contribution in [0.2, 0.25) is 5.02 Å². The van der Waals surface area contributed by atoms with E-state index in [2.05, 4.69) is 20.5 Å². The molecule has 3 aromatic rings. The number of aromatic hydroxyl groups is 1. The Balaban J connectivity index is 2.01. The van der Waals surface area contributed by atoms with E-state index in [1.165, 1.54) is 0 Å². The van der Waals surface area contributed by atoms with Crippen LogP contribution in [0, 0.1) is 0 Å². The third-order valence-corrected chi connectivity index (χ3v) is 4.75. The van der Waals surface area contributed by atoms with Crippen molar-refractivity contribution in [3.8, 4) is 17.1 Å². The minimum Gasteiger partial charge on any atom is -0.507 e. The summed E-state index contributed by atoms with van der Waals surface area (Å²) in [5, 5.41) is 10.6. The number of hydrogen-bond donors (Lipinski definition) is 1. The van der Waals surface area contributed by atoms with Gasteiger partial charge in [0, 0.05) is 11.6 Å². The van der Waals surface area contributed by atoms with Crippen molar-refractivity contribution in [2.24, 2.45) is 0 Å². The van der Waals surface area contributed by atoms with E-state index in [0.717, 1.165) is 40.3 Å². The summed E-state index contributed by atoms with van der Waals surface area (Å²) in [6.45, 7) is 0. The van der Waals surface area contributed by atoms with Crippen LogP contribution < -0.4 is 0 Å².